The molecule has 0 fully saturated rings. The van der Waals surface area contributed by atoms with Crippen LogP contribution in [0.2, 0.25) is 0 Å². The maximum Gasteiger partial charge on any atom is 0.191 e. The van der Waals surface area contributed by atoms with Crippen molar-refractivity contribution in [2.75, 3.05) is 33.4 Å². The van der Waals surface area contributed by atoms with Gasteiger partial charge in [-0.1, -0.05) is 36.4 Å². The molecule has 0 saturated heterocycles. The van der Waals surface area contributed by atoms with E-state index in [4.69, 9.17) is 14.2 Å². The Morgan fingerprint density at radius 3 is 2.66 bits per heavy atom. The summed E-state index contributed by atoms with van der Waals surface area (Å²) >= 11 is 0. The van der Waals surface area contributed by atoms with Crippen LogP contribution in [0.5, 0.6) is 11.5 Å². The minimum atomic E-state index is 0.105. The summed E-state index contributed by atoms with van der Waals surface area (Å²) in [6.45, 7) is 5.63. The van der Waals surface area contributed by atoms with Crippen molar-refractivity contribution in [2.24, 2.45) is 4.99 Å². The molecule has 0 saturated carbocycles. The fourth-order valence-corrected chi connectivity index (χ4v) is 3.08. The van der Waals surface area contributed by atoms with E-state index < -0.39 is 0 Å². The average molecular weight is 398 g/mol. The highest BCUT2D eigenvalue weighted by atomic mass is 16.5. The third kappa shape index (κ3) is 6.68. The number of guanidine groups is 1. The quantitative estimate of drug-likeness (QED) is 0.404. The van der Waals surface area contributed by atoms with Gasteiger partial charge in [0, 0.05) is 33.2 Å². The van der Waals surface area contributed by atoms with Crippen molar-refractivity contribution in [3.05, 3.63) is 59.7 Å². The van der Waals surface area contributed by atoms with Crippen LogP contribution in [0.1, 0.15) is 37.0 Å². The van der Waals surface area contributed by atoms with Gasteiger partial charge < -0.3 is 24.8 Å². The van der Waals surface area contributed by atoms with Crippen LogP contribution in [0.4, 0.5) is 0 Å². The van der Waals surface area contributed by atoms with E-state index in [-0.39, 0.29) is 6.10 Å². The fourth-order valence-electron chi connectivity index (χ4n) is 3.08. The number of rotatable bonds is 8. The minimum Gasteiger partial charge on any atom is -0.490 e. The first-order valence-electron chi connectivity index (χ1n) is 10.3. The molecule has 2 aromatic carbocycles. The van der Waals surface area contributed by atoms with Crippen molar-refractivity contribution >= 4 is 5.96 Å². The highest BCUT2D eigenvalue weighted by molar-refractivity contribution is 5.79. The average Bonchev–Trinajstić information content (AvgIpc) is 3.01. The molecule has 2 N–H and O–H groups in total. The number of hydrogen-bond acceptors (Lipinski definition) is 4. The van der Waals surface area contributed by atoms with Crippen LogP contribution >= 0.6 is 0 Å². The van der Waals surface area contributed by atoms with E-state index >= 15 is 0 Å². The van der Waals surface area contributed by atoms with Crippen molar-refractivity contribution in [1.29, 1.82) is 0 Å². The van der Waals surface area contributed by atoms with Gasteiger partial charge in [0.25, 0.3) is 0 Å². The van der Waals surface area contributed by atoms with Crippen LogP contribution in [0.3, 0.4) is 0 Å². The van der Waals surface area contributed by atoms with Gasteiger partial charge in [-0.05, 0) is 36.6 Å². The summed E-state index contributed by atoms with van der Waals surface area (Å²) in [5.74, 6) is 2.40. The van der Waals surface area contributed by atoms with Gasteiger partial charge in [-0.2, -0.15) is 0 Å². The first kappa shape index (κ1) is 21.0. The molecule has 1 aliphatic rings. The molecule has 6 heteroatoms. The molecule has 1 aliphatic heterocycles. The van der Waals surface area contributed by atoms with Gasteiger partial charge in [0.2, 0.25) is 0 Å². The zero-order valence-corrected chi connectivity index (χ0v) is 17.3. The lowest BCUT2D eigenvalue weighted by Crippen LogP contribution is -2.37. The molecular weight excluding hydrogens is 366 g/mol. The second-order valence-electron chi connectivity index (χ2n) is 6.96. The monoisotopic (exact) mass is 397 g/mol. The summed E-state index contributed by atoms with van der Waals surface area (Å²) in [7, 11) is 1.78. The predicted molar refractivity (Wildman–Crippen MR) is 116 cm³/mol. The molecule has 6 nitrogen and oxygen atoms in total. The molecule has 1 heterocycles. The largest absolute Gasteiger partial charge is 0.490 e. The number of nitrogens with zero attached hydrogens (tertiary/aromatic N) is 1. The molecule has 0 aromatic heterocycles. The molecule has 1 atom stereocenters. The van der Waals surface area contributed by atoms with Gasteiger partial charge in [-0.15, -0.1) is 0 Å². The Balaban J connectivity index is 1.36. The normalized spacial score (nSPS) is 14.8. The minimum absolute atomic E-state index is 0.105. The second kappa shape index (κ2) is 11.3. The molecule has 0 bridgehead atoms. The van der Waals surface area contributed by atoms with E-state index in [9.17, 15) is 0 Å². The van der Waals surface area contributed by atoms with E-state index in [1.807, 2.05) is 36.4 Å². The SMILES string of the molecule is CN=C(NCCCOC(C)c1ccccc1)NCc1ccc2c(c1)OCCCO2. The van der Waals surface area contributed by atoms with Gasteiger partial charge in [-0.3, -0.25) is 4.99 Å². The van der Waals surface area contributed by atoms with Crippen molar-refractivity contribution in [3.63, 3.8) is 0 Å². The van der Waals surface area contributed by atoms with Crippen LogP contribution in [-0.4, -0.2) is 39.4 Å². The first-order valence-corrected chi connectivity index (χ1v) is 10.3. The van der Waals surface area contributed by atoms with Crippen LogP contribution < -0.4 is 20.1 Å². The Labute approximate surface area is 173 Å². The molecule has 2 aromatic rings. The van der Waals surface area contributed by atoms with Crippen molar-refractivity contribution in [1.82, 2.24) is 10.6 Å². The Bertz CT molecular complexity index is 780. The first-order chi connectivity index (χ1) is 14.3. The zero-order chi connectivity index (χ0) is 20.3. The molecule has 0 radical (unpaired) electrons. The number of benzene rings is 2. The van der Waals surface area contributed by atoms with Crippen LogP contribution in [0.25, 0.3) is 0 Å². The summed E-state index contributed by atoms with van der Waals surface area (Å²) in [5, 5.41) is 6.66. The molecule has 0 spiro atoms. The van der Waals surface area contributed by atoms with E-state index in [2.05, 4.69) is 34.7 Å². The highest BCUT2D eigenvalue weighted by Gasteiger charge is 2.11. The molecule has 29 heavy (non-hydrogen) atoms. The Morgan fingerprint density at radius 2 is 1.86 bits per heavy atom. The Morgan fingerprint density at radius 1 is 1.07 bits per heavy atom. The lowest BCUT2D eigenvalue weighted by atomic mass is 10.1. The van der Waals surface area contributed by atoms with Gasteiger partial charge in [0.1, 0.15) is 0 Å². The number of hydrogen-bond donors (Lipinski definition) is 2. The third-order valence-corrected chi connectivity index (χ3v) is 4.75. The summed E-state index contributed by atoms with van der Waals surface area (Å²) in [4.78, 5) is 4.28. The summed E-state index contributed by atoms with van der Waals surface area (Å²) in [5.41, 5.74) is 2.32. The van der Waals surface area contributed by atoms with Gasteiger partial charge >= 0.3 is 0 Å². The highest BCUT2D eigenvalue weighted by Crippen LogP contribution is 2.30. The zero-order valence-electron chi connectivity index (χ0n) is 17.3. The molecule has 156 valence electrons. The van der Waals surface area contributed by atoms with Crippen LogP contribution in [0.15, 0.2) is 53.5 Å². The number of nitrogens with one attached hydrogen (secondary N) is 2. The van der Waals surface area contributed by atoms with Crippen molar-refractivity contribution in [2.45, 2.75) is 32.4 Å². The number of ether oxygens (including phenoxy) is 3. The Kier molecular flexibility index (Phi) is 8.19. The number of aliphatic imine (C=N–C) groups is 1. The van der Waals surface area contributed by atoms with Crippen molar-refractivity contribution in [3.8, 4) is 11.5 Å². The smallest absolute Gasteiger partial charge is 0.191 e. The lowest BCUT2D eigenvalue weighted by molar-refractivity contribution is 0.0646. The molecule has 3 rings (SSSR count). The summed E-state index contributed by atoms with van der Waals surface area (Å²) in [6, 6.07) is 16.3. The van der Waals surface area contributed by atoms with E-state index in [0.29, 0.717) is 26.4 Å². The van der Waals surface area contributed by atoms with Crippen LogP contribution in [-0.2, 0) is 11.3 Å². The Hall–Kier alpha value is -2.73. The van der Waals surface area contributed by atoms with Crippen LogP contribution in [0, 0.1) is 0 Å². The topological polar surface area (TPSA) is 64.1 Å². The molecular formula is C23H31N3O3. The predicted octanol–water partition coefficient (Wildman–Crippen LogP) is 3.68. The summed E-state index contributed by atoms with van der Waals surface area (Å²) < 4.78 is 17.3. The van der Waals surface area contributed by atoms with E-state index in [0.717, 1.165) is 42.4 Å². The fraction of sp³-hybridized carbons (Fsp3) is 0.435. The second-order valence-corrected chi connectivity index (χ2v) is 6.96. The molecule has 0 aliphatic carbocycles. The van der Waals surface area contributed by atoms with E-state index in [1.54, 1.807) is 7.05 Å². The van der Waals surface area contributed by atoms with E-state index in [1.165, 1.54) is 5.56 Å². The standard InChI is InChI=1S/C23H31N3O3/c1-18(20-8-4-3-5-9-20)27-13-6-12-25-23(24-2)26-17-19-10-11-21-22(16-19)29-15-7-14-28-21/h3-5,8-11,16,18H,6-7,12-15,17H2,1-2H3,(H2,24,25,26). The maximum absolute atomic E-state index is 5.91. The number of fused-ring (bicyclic) bond motifs is 1. The molecule has 1 unspecified atom stereocenters. The van der Waals surface area contributed by atoms with Gasteiger partial charge in [0.05, 0.1) is 19.3 Å². The lowest BCUT2D eigenvalue weighted by Gasteiger charge is -2.15. The van der Waals surface area contributed by atoms with Gasteiger partial charge in [0.15, 0.2) is 17.5 Å². The van der Waals surface area contributed by atoms with Gasteiger partial charge in [-0.25, -0.2) is 0 Å². The molecule has 0 amide bonds. The van der Waals surface area contributed by atoms with Crippen molar-refractivity contribution < 1.29 is 14.2 Å². The third-order valence-electron chi connectivity index (χ3n) is 4.75. The summed E-state index contributed by atoms with van der Waals surface area (Å²) in [6.07, 6.45) is 1.92. The maximum atomic E-state index is 5.91.